The molecular weight excluding hydrogens is 504 g/mol. The summed E-state index contributed by atoms with van der Waals surface area (Å²) in [7, 11) is 1.58. The molecule has 2 N–H and O–H groups in total. The number of benzene rings is 2. The second-order valence-corrected chi connectivity index (χ2v) is 10.2. The number of carbonyl (C=O) groups is 3. The Morgan fingerprint density at radius 2 is 1.68 bits per heavy atom. The molecule has 8 nitrogen and oxygen atoms in total. The van der Waals surface area contributed by atoms with E-state index in [2.05, 4.69) is 15.6 Å². The number of rotatable bonds is 11. The summed E-state index contributed by atoms with van der Waals surface area (Å²) in [5.41, 5.74) is 2.39. The maximum absolute atomic E-state index is 13.9. The van der Waals surface area contributed by atoms with E-state index in [0.29, 0.717) is 23.7 Å². The molecule has 210 valence electrons. The Morgan fingerprint density at radius 3 is 2.33 bits per heavy atom. The van der Waals surface area contributed by atoms with E-state index in [9.17, 15) is 14.4 Å². The van der Waals surface area contributed by atoms with Crippen LogP contribution in [0.1, 0.15) is 68.5 Å². The minimum absolute atomic E-state index is 0.0947. The van der Waals surface area contributed by atoms with Crippen molar-refractivity contribution in [2.24, 2.45) is 0 Å². The van der Waals surface area contributed by atoms with Gasteiger partial charge in [0.2, 0.25) is 17.7 Å². The largest absolute Gasteiger partial charge is 0.497 e. The number of ether oxygens (including phenoxy) is 1. The summed E-state index contributed by atoms with van der Waals surface area (Å²) in [6.07, 6.45) is 7.41. The number of hydrogen-bond acceptors (Lipinski definition) is 5. The number of nitrogens with zero attached hydrogens (tertiary/aromatic N) is 2. The first-order chi connectivity index (χ1) is 19.4. The molecule has 1 saturated carbocycles. The van der Waals surface area contributed by atoms with Gasteiger partial charge in [-0.15, -0.1) is 0 Å². The molecule has 1 fully saturated rings. The standard InChI is InChI=1S/C32H38N4O4/c1-23-14-16-24(17-15-23)31(32(39)34-25-9-4-3-5-10-25)36(26-18-20-27(40-2)21-19-26)30(38)13-8-12-29(37)35-28-11-6-7-22-33-28/h6-7,11,14-22,25,31H,3-5,8-10,12-13H2,1-2H3,(H,34,39)(H,33,35,37)/t31-/m0/s1. The molecule has 0 radical (unpaired) electrons. The lowest BCUT2D eigenvalue weighted by atomic mass is 9.94. The topological polar surface area (TPSA) is 101 Å². The Morgan fingerprint density at radius 1 is 0.950 bits per heavy atom. The third kappa shape index (κ3) is 7.91. The number of aromatic nitrogens is 1. The van der Waals surface area contributed by atoms with Crippen molar-refractivity contribution in [2.75, 3.05) is 17.3 Å². The highest BCUT2D eigenvalue weighted by Gasteiger charge is 2.34. The van der Waals surface area contributed by atoms with Gasteiger partial charge in [-0.2, -0.15) is 0 Å². The zero-order valence-corrected chi connectivity index (χ0v) is 23.3. The molecule has 8 heteroatoms. The van der Waals surface area contributed by atoms with Crippen LogP contribution in [0.15, 0.2) is 72.9 Å². The lowest BCUT2D eigenvalue weighted by Gasteiger charge is -2.33. The summed E-state index contributed by atoms with van der Waals surface area (Å²) >= 11 is 0. The molecule has 2 aromatic carbocycles. The van der Waals surface area contributed by atoms with Crippen LogP contribution in [0.5, 0.6) is 5.75 Å². The molecule has 4 rings (SSSR count). The number of carbonyl (C=O) groups excluding carboxylic acids is 3. The van der Waals surface area contributed by atoms with Crippen molar-refractivity contribution in [1.29, 1.82) is 0 Å². The van der Waals surface area contributed by atoms with Crippen LogP contribution < -0.4 is 20.3 Å². The van der Waals surface area contributed by atoms with Gasteiger partial charge in [0.25, 0.3) is 0 Å². The van der Waals surface area contributed by atoms with Crippen LogP contribution in [0.4, 0.5) is 11.5 Å². The van der Waals surface area contributed by atoms with Gasteiger partial charge in [0.15, 0.2) is 0 Å². The van der Waals surface area contributed by atoms with Crippen molar-refractivity contribution in [3.8, 4) is 5.75 Å². The predicted molar refractivity (Wildman–Crippen MR) is 156 cm³/mol. The Kier molecular flexibility index (Phi) is 10.3. The summed E-state index contributed by atoms with van der Waals surface area (Å²) in [6.45, 7) is 1.99. The van der Waals surface area contributed by atoms with Crippen molar-refractivity contribution < 1.29 is 19.1 Å². The van der Waals surface area contributed by atoms with E-state index in [1.54, 1.807) is 60.7 Å². The maximum atomic E-state index is 13.9. The summed E-state index contributed by atoms with van der Waals surface area (Å²) in [6, 6.07) is 19.4. The van der Waals surface area contributed by atoms with Crippen molar-refractivity contribution in [2.45, 2.75) is 70.4 Å². The molecule has 1 aliphatic carbocycles. The molecule has 3 aromatic rings. The van der Waals surface area contributed by atoms with E-state index >= 15 is 0 Å². The van der Waals surface area contributed by atoms with Crippen LogP contribution in [-0.2, 0) is 14.4 Å². The van der Waals surface area contributed by atoms with Gasteiger partial charge in [0.05, 0.1) is 7.11 Å². The molecule has 0 unspecified atom stereocenters. The average molecular weight is 543 g/mol. The van der Waals surface area contributed by atoms with Crippen LogP contribution >= 0.6 is 0 Å². The Bertz CT molecular complexity index is 1260. The fourth-order valence-electron chi connectivity index (χ4n) is 5.04. The number of amides is 3. The quantitative estimate of drug-likeness (QED) is 0.322. The van der Waals surface area contributed by atoms with E-state index in [1.807, 2.05) is 31.2 Å². The van der Waals surface area contributed by atoms with Gasteiger partial charge in [-0.3, -0.25) is 19.3 Å². The fraction of sp³-hybridized carbons (Fsp3) is 0.375. The smallest absolute Gasteiger partial charge is 0.248 e. The van der Waals surface area contributed by atoms with Gasteiger partial charge in [-0.1, -0.05) is 55.2 Å². The summed E-state index contributed by atoms with van der Waals surface area (Å²) in [5.74, 6) is 0.471. The third-order valence-corrected chi connectivity index (χ3v) is 7.20. The highest BCUT2D eigenvalue weighted by atomic mass is 16.5. The molecule has 0 saturated heterocycles. The molecule has 1 aliphatic rings. The summed E-state index contributed by atoms with van der Waals surface area (Å²) < 4.78 is 5.32. The number of methoxy groups -OCH3 is 1. The van der Waals surface area contributed by atoms with Gasteiger partial charge in [-0.25, -0.2) is 4.98 Å². The van der Waals surface area contributed by atoms with Crippen molar-refractivity contribution in [3.63, 3.8) is 0 Å². The van der Waals surface area contributed by atoms with Gasteiger partial charge in [-0.05, 0) is 68.1 Å². The number of anilines is 2. The number of nitrogens with one attached hydrogen (secondary N) is 2. The number of pyridine rings is 1. The maximum Gasteiger partial charge on any atom is 0.248 e. The van der Waals surface area contributed by atoms with Gasteiger partial charge in [0, 0.05) is 30.8 Å². The molecule has 1 atom stereocenters. The molecule has 0 bridgehead atoms. The molecule has 40 heavy (non-hydrogen) atoms. The minimum atomic E-state index is -0.856. The molecule has 3 amide bonds. The zero-order chi connectivity index (χ0) is 28.3. The van der Waals surface area contributed by atoms with E-state index in [4.69, 9.17) is 4.74 Å². The molecule has 0 spiro atoms. The lowest BCUT2D eigenvalue weighted by Crippen LogP contribution is -2.47. The highest BCUT2D eigenvalue weighted by Crippen LogP contribution is 2.31. The predicted octanol–water partition coefficient (Wildman–Crippen LogP) is 5.73. The van der Waals surface area contributed by atoms with E-state index in [-0.39, 0.29) is 36.6 Å². The summed E-state index contributed by atoms with van der Waals surface area (Å²) in [4.78, 5) is 46.0. The van der Waals surface area contributed by atoms with Gasteiger partial charge in [0.1, 0.15) is 17.6 Å². The van der Waals surface area contributed by atoms with Crippen molar-refractivity contribution in [1.82, 2.24) is 10.3 Å². The highest BCUT2D eigenvalue weighted by molar-refractivity contribution is 6.01. The second kappa shape index (κ2) is 14.3. The first-order valence-electron chi connectivity index (χ1n) is 14.0. The SMILES string of the molecule is COc1ccc(N(C(=O)CCCC(=O)Nc2ccccn2)[C@H](C(=O)NC2CCCCC2)c2ccc(C)cc2)cc1. The first kappa shape index (κ1) is 28.8. The Balaban J connectivity index is 1.58. The monoisotopic (exact) mass is 542 g/mol. The molecule has 1 heterocycles. The zero-order valence-electron chi connectivity index (χ0n) is 23.3. The van der Waals surface area contributed by atoms with Crippen LogP contribution in [-0.4, -0.2) is 35.9 Å². The number of aryl methyl sites for hydroxylation is 1. The van der Waals surface area contributed by atoms with Crippen LogP contribution in [0.25, 0.3) is 0 Å². The van der Waals surface area contributed by atoms with E-state index in [1.165, 1.54) is 6.42 Å². The van der Waals surface area contributed by atoms with Gasteiger partial charge < -0.3 is 15.4 Å². The van der Waals surface area contributed by atoms with Crippen LogP contribution in [0.3, 0.4) is 0 Å². The normalized spacial score (nSPS) is 14.2. The van der Waals surface area contributed by atoms with Gasteiger partial charge >= 0.3 is 0 Å². The van der Waals surface area contributed by atoms with E-state index in [0.717, 1.165) is 36.8 Å². The lowest BCUT2D eigenvalue weighted by molar-refractivity contribution is -0.127. The molecule has 0 aliphatic heterocycles. The van der Waals surface area contributed by atoms with Crippen LogP contribution in [0.2, 0.25) is 0 Å². The minimum Gasteiger partial charge on any atom is -0.497 e. The molecular formula is C32H38N4O4. The Labute approximate surface area is 236 Å². The third-order valence-electron chi connectivity index (χ3n) is 7.20. The van der Waals surface area contributed by atoms with Crippen molar-refractivity contribution in [3.05, 3.63) is 84.1 Å². The Hall–Kier alpha value is -4.20. The molecule has 1 aromatic heterocycles. The average Bonchev–Trinajstić information content (AvgIpc) is 2.97. The van der Waals surface area contributed by atoms with E-state index < -0.39 is 6.04 Å². The van der Waals surface area contributed by atoms with Crippen LogP contribution in [0, 0.1) is 6.92 Å². The fourth-order valence-corrected chi connectivity index (χ4v) is 5.04. The number of hydrogen-bond donors (Lipinski definition) is 2. The van der Waals surface area contributed by atoms with Crippen molar-refractivity contribution >= 4 is 29.2 Å². The first-order valence-corrected chi connectivity index (χ1v) is 14.0. The summed E-state index contributed by atoms with van der Waals surface area (Å²) in [5, 5.41) is 5.99. The second-order valence-electron chi connectivity index (χ2n) is 10.2.